The molecule has 1 aromatic carbocycles. The van der Waals surface area contributed by atoms with Crippen LogP contribution < -0.4 is 16.0 Å². The van der Waals surface area contributed by atoms with Crippen molar-refractivity contribution in [3.63, 3.8) is 0 Å². The zero-order chi connectivity index (χ0) is 17.6. The number of benzene rings is 1. The smallest absolute Gasteiger partial charge is 0.188 e. The highest BCUT2D eigenvalue weighted by Crippen LogP contribution is 2.25. The molecule has 1 aromatic rings. The number of guanidine groups is 1. The number of halogens is 2. The Morgan fingerprint density at radius 3 is 2.60 bits per heavy atom. The average molecular weight is 350 g/mol. The number of rotatable bonds is 4. The maximum atomic E-state index is 13.4. The molecule has 1 saturated heterocycles. The van der Waals surface area contributed by atoms with Crippen LogP contribution in [0.5, 0.6) is 0 Å². The number of nitrogens with two attached hydrogens (primary N) is 1. The van der Waals surface area contributed by atoms with Gasteiger partial charge >= 0.3 is 0 Å². The van der Waals surface area contributed by atoms with Gasteiger partial charge in [-0.1, -0.05) is 25.7 Å². The van der Waals surface area contributed by atoms with Crippen molar-refractivity contribution in [1.29, 1.82) is 0 Å². The molecule has 0 spiro atoms. The maximum Gasteiger partial charge on any atom is 0.188 e. The van der Waals surface area contributed by atoms with E-state index in [9.17, 15) is 8.78 Å². The molecular weight excluding hydrogens is 322 g/mol. The fourth-order valence-corrected chi connectivity index (χ4v) is 3.80. The molecule has 1 saturated carbocycles. The molecule has 6 heteroatoms. The number of hydrogen-bond acceptors (Lipinski definition) is 2. The Labute approximate surface area is 148 Å². The van der Waals surface area contributed by atoms with Gasteiger partial charge in [-0.15, -0.1) is 0 Å². The van der Waals surface area contributed by atoms with Crippen LogP contribution >= 0.6 is 0 Å². The highest BCUT2D eigenvalue weighted by molar-refractivity contribution is 5.78. The number of aliphatic imine (C=N–C) groups is 1. The van der Waals surface area contributed by atoms with Gasteiger partial charge in [0, 0.05) is 37.4 Å². The first-order valence-electron chi connectivity index (χ1n) is 9.38. The third-order valence-electron chi connectivity index (χ3n) is 5.28. The standard InChI is InChI=1S/C19H28F2N4/c20-17-8-7-16(11-18(17)21)25-10-9-14(13-25)12-23-19(22)24-15-5-3-1-2-4-6-15/h7-8,11,14-15H,1-6,9-10,12-13H2,(H3,22,23,24). The summed E-state index contributed by atoms with van der Waals surface area (Å²) < 4.78 is 26.4. The number of hydrogen-bond donors (Lipinski definition) is 2. The van der Waals surface area contributed by atoms with Crippen LogP contribution in [0.1, 0.15) is 44.9 Å². The van der Waals surface area contributed by atoms with Crippen LogP contribution in [0.3, 0.4) is 0 Å². The maximum absolute atomic E-state index is 13.4. The summed E-state index contributed by atoms with van der Waals surface area (Å²) in [5.41, 5.74) is 6.78. The Bertz CT molecular complexity index is 597. The largest absolute Gasteiger partial charge is 0.371 e. The lowest BCUT2D eigenvalue weighted by Crippen LogP contribution is -2.40. The van der Waals surface area contributed by atoms with Crippen LogP contribution in [0.4, 0.5) is 14.5 Å². The lowest BCUT2D eigenvalue weighted by molar-refractivity contribution is 0.508. The fourth-order valence-electron chi connectivity index (χ4n) is 3.80. The highest BCUT2D eigenvalue weighted by Gasteiger charge is 2.23. The summed E-state index contributed by atoms with van der Waals surface area (Å²) in [5.74, 6) is -0.668. The summed E-state index contributed by atoms with van der Waals surface area (Å²) in [4.78, 5) is 6.59. The minimum absolute atomic E-state index is 0.391. The first-order chi connectivity index (χ1) is 12.1. The van der Waals surface area contributed by atoms with Crippen LogP contribution in [-0.2, 0) is 0 Å². The van der Waals surface area contributed by atoms with Gasteiger partial charge in [0.25, 0.3) is 0 Å². The number of nitrogens with one attached hydrogen (secondary N) is 1. The second kappa shape index (κ2) is 8.50. The number of anilines is 1. The molecule has 1 aliphatic heterocycles. The Hall–Kier alpha value is -1.85. The van der Waals surface area contributed by atoms with Crippen LogP contribution in [0.15, 0.2) is 23.2 Å². The van der Waals surface area contributed by atoms with Crippen molar-refractivity contribution in [3.8, 4) is 0 Å². The van der Waals surface area contributed by atoms with Gasteiger partial charge in [0.05, 0.1) is 0 Å². The zero-order valence-electron chi connectivity index (χ0n) is 14.7. The molecule has 3 N–H and O–H groups in total. The summed E-state index contributed by atoms with van der Waals surface area (Å²) >= 11 is 0. The monoisotopic (exact) mass is 350 g/mol. The molecule has 2 aliphatic rings. The van der Waals surface area contributed by atoms with Gasteiger partial charge in [-0.25, -0.2) is 8.78 Å². The van der Waals surface area contributed by atoms with E-state index in [1.807, 2.05) is 0 Å². The predicted molar refractivity (Wildman–Crippen MR) is 97.8 cm³/mol. The van der Waals surface area contributed by atoms with Crippen molar-refractivity contribution in [2.75, 3.05) is 24.5 Å². The van der Waals surface area contributed by atoms with Gasteiger partial charge in [0.1, 0.15) is 0 Å². The fraction of sp³-hybridized carbons (Fsp3) is 0.632. The quantitative estimate of drug-likeness (QED) is 0.497. The van der Waals surface area contributed by atoms with E-state index in [0.717, 1.165) is 25.2 Å². The summed E-state index contributed by atoms with van der Waals surface area (Å²) in [6.07, 6.45) is 8.48. The van der Waals surface area contributed by atoms with Crippen molar-refractivity contribution in [2.24, 2.45) is 16.6 Å². The lowest BCUT2D eigenvalue weighted by Gasteiger charge is -2.19. The average Bonchev–Trinajstić information content (AvgIpc) is 2.93. The van der Waals surface area contributed by atoms with Crippen molar-refractivity contribution < 1.29 is 8.78 Å². The first-order valence-corrected chi connectivity index (χ1v) is 9.38. The van der Waals surface area contributed by atoms with Gasteiger partial charge in [-0.2, -0.15) is 0 Å². The van der Waals surface area contributed by atoms with Gasteiger partial charge in [0.2, 0.25) is 0 Å². The van der Waals surface area contributed by atoms with Gasteiger partial charge < -0.3 is 16.0 Å². The van der Waals surface area contributed by atoms with E-state index in [2.05, 4.69) is 15.2 Å². The van der Waals surface area contributed by atoms with Crippen molar-refractivity contribution in [1.82, 2.24) is 5.32 Å². The van der Waals surface area contributed by atoms with Crippen molar-refractivity contribution in [3.05, 3.63) is 29.8 Å². The third kappa shape index (κ3) is 5.06. The van der Waals surface area contributed by atoms with E-state index in [1.165, 1.54) is 50.7 Å². The van der Waals surface area contributed by atoms with E-state index in [-0.39, 0.29) is 0 Å². The van der Waals surface area contributed by atoms with E-state index in [4.69, 9.17) is 5.73 Å². The summed E-state index contributed by atoms with van der Waals surface area (Å²) in [7, 11) is 0. The number of nitrogens with zero attached hydrogens (tertiary/aromatic N) is 2. The van der Waals surface area contributed by atoms with Crippen LogP contribution in [0, 0.1) is 17.6 Å². The zero-order valence-corrected chi connectivity index (χ0v) is 14.7. The molecule has 138 valence electrons. The lowest BCUT2D eigenvalue weighted by atomic mass is 10.1. The summed E-state index contributed by atoms with van der Waals surface area (Å²) in [5, 5.41) is 3.36. The minimum Gasteiger partial charge on any atom is -0.371 e. The normalized spacial score (nSPS) is 22.9. The molecule has 1 heterocycles. The van der Waals surface area contributed by atoms with Crippen molar-refractivity contribution in [2.45, 2.75) is 51.0 Å². The molecule has 2 fully saturated rings. The van der Waals surface area contributed by atoms with Crippen LogP contribution in [0.2, 0.25) is 0 Å². The van der Waals surface area contributed by atoms with E-state index in [1.54, 1.807) is 6.07 Å². The van der Waals surface area contributed by atoms with Gasteiger partial charge in [0.15, 0.2) is 17.6 Å². The highest BCUT2D eigenvalue weighted by atomic mass is 19.2. The second-order valence-electron chi connectivity index (χ2n) is 7.26. The molecule has 1 atom stereocenters. The molecule has 1 unspecified atom stereocenters. The Morgan fingerprint density at radius 2 is 1.88 bits per heavy atom. The Balaban J connectivity index is 1.48. The second-order valence-corrected chi connectivity index (χ2v) is 7.26. The molecule has 0 aromatic heterocycles. The SMILES string of the molecule is NC(=NCC1CCN(c2ccc(F)c(F)c2)C1)NC1CCCCCC1. The molecular formula is C19H28F2N4. The van der Waals surface area contributed by atoms with Crippen LogP contribution in [0.25, 0.3) is 0 Å². The molecule has 0 amide bonds. The molecule has 1 aliphatic carbocycles. The third-order valence-corrected chi connectivity index (χ3v) is 5.28. The predicted octanol–water partition coefficient (Wildman–Crippen LogP) is 3.42. The topological polar surface area (TPSA) is 53.6 Å². The molecule has 0 bridgehead atoms. The van der Waals surface area contributed by atoms with E-state index in [0.29, 0.717) is 24.5 Å². The van der Waals surface area contributed by atoms with E-state index < -0.39 is 11.6 Å². The Morgan fingerprint density at radius 1 is 1.12 bits per heavy atom. The van der Waals surface area contributed by atoms with Gasteiger partial charge in [-0.3, -0.25) is 4.99 Å². The van der Waals surface area contributed by atoms with Gasteiger partial charge in [-0.05, 0) is 37.3 Å². The van der Waals surface area contributed by atoms with E-state index >= 15 is 0 Å². The summed E-state index contributed by atoms with van der Waals surface area (Å²) in [6, 6.07) is 4.54. The Kier molecular flexibility index (Phi) is 6.10. The molecule has 25 heavy (non-hydrogen) atoms. The summed E-state index contributed by atoms with van der Waals surface area (Å²) in [6.45, 7) is 2.30. The molecule has 0 radical (unpaired) electrons. The van der Waals surface area contributed by atoms with Crippen LogP contribution in [-0.4, -0.2) is 31.6 Å². The van der Waals surface area contributed by atoms with Crippen molar-refractivity contribution >= 4 is 11.6 Å². The molecule has 3 rings (SSSR count). The minimum atomic E-state index is -0.804. The molecule has 4 nitrogen and oxygen atoms in total. The first kappa shape index (κ1) is 18.0.